The first-order valence-corrected chi connectivity index (χ1v) is 5.45. The van der Waals surface area contributed by atoms with Crippen molar-refractivity contribution in [2.45, 2.75) is 26.0 Å². The average Bonchev–Trinajstić information content (AvgIpc) is 2.15. The molecule has 0 radical (unpaired) electrons. The van der Waals surface area contributed by atoms with Crippen molar-refractivity contribution in [3.05, 3.63) is 0 Å². The summed E-state index contributed by atoms with van der Waals surface area (Å²) >= 11 is 0. The van der Waals surface area contributed by atoms with E-state index in [9.17, 15) is 5.11 Å². The minimum atomic E-state index is -0.467. The number of nitrogens with one attached hydrogen (secondary N) is 1. The van der Waals surface area contributed by atoms with Crippen LogP contribution in [0.1, 0.15) is 13.8 Å². The molecule has 92 valence electrons. The van der Waals surface area contributed by atoms with E-state index < -0.39 is 6.10 Å². The zero-order chi connectivity index (χ0) is 11.7. The summed E-state index contributed by atoms with van der Waals surface area (Å²) in [5, 5.41) is 30.3. The van der Waals surface area contributed by atoms with Gasteiger partial charge in [0.25, 0.3) is 0 Å². The minimum Gasteiger partial charge on any atom is -0.395 e. The highest BCUT2D eigenvalue weighted by Gasteiger charge is 2.10. The molecule has 0 aromatic rings. The quantitative estimate of drug-likeness (QED) is 0.386. The van der Waals surface area contributed by atoms with Crippen LogP contribution in [-0.4, -0.2) is 71.8 Å². The molecule has 0 heterocycles. The van der Waals surface area contributed by atoms with Gasteiger partial charge in [-0.3, -0.25) is 4.90 Å². The summed E-state index contributed by atoms with van der Waals surface area (Å²) in [5.74, 6) is 0. The highest BCUT2D eigenvalue weighted by Crippen LogP contribution is 1.92. The van der Waals surface area contributed by atoms with Gasteiger partial charge in [0.2, 0.25) is 0 Å². The molecule has 1 atom stereocenters. The highest BCUT2D eigenvalue weighted by molar-refractivity contribution is 4.67. The Labute approximate surface area is 91.7 Å². The summed E-state index contributed by atoms with van der Waals surface area (Å²) in [5.41, 5.74) is 0. The smallest absolute Gasteiger partial charge is 0.0791 e. The van der Waals surface area contributed by atoms with Crippen LogP contribution in [0.2, 0.25) is 0 Å². The van der Waals surface area contributed by atoms with Crippen LogP contribution in [-0.2, 0) is 0 Å². The van der Waals surface area contributed by atoms with Crippen LogP contribution in [0, 0.1) is 0 Å². The van der Waals surface area contributed by atoms with Gasteiger partial charge in [0.15, 0.2) is 0 Å². The van der Waals surface area contributed by atoms with Crippen LogP contribution < -0.4 is 5.32 Å². The number of hydrogen-bond donors (Lipinski definition) is 4. The molecule has 0 fully saturated rings. The van der Waals surface area contributed by atoms with Crippen LogP contribution in [0.3, 0.4) is 0 Å². The van der Waals surface area contributed by atoms with Crippen LogP contribution >= 0.6 is 0 Å². The van der Waals surface area contributed by atoms with Gasteiger partial charge in [-0.1, -0.05) is 13.8 Å². The molecular formula is C10H24N2O3. The zero-order valence-corrected chi connectivity index (χ0v) is 9.69. The van der Waals surface area contributed by atoms with E-state index in [0.29, 0.717) is 32.2 Å². The summed E-state index contributed by atoms with van der Waals surface area (Å²) in [6, 6.07) is 0.351. The third-order valence-corrected chi connectivity index (χ3v) is 2.06. The molecule has 1 unspecified atom stereocenters. The largest absolute Gasteiger partial charge is 0.395 e. The van der Waals surface area contributed by atoms with E-state index in [1.54, 1.807) is 0 Å². The molecule has 0 spiro atoms. The molecule has 0 aliphatic rings. The predicted molar refractivity (Wildman–Crippen MR) is 59.8 cm³/mol. The predicted octanol–water partition coefficient (Wildman–Crippen LogP) is -1.37. The van der Waals surface area contributed by atoms with Gasteiger partial charge >= 0.3 is 0 Å². The Balaban J connectivity index is 3.72. The second kappa shape index (κ2) is 9.06. The Bertz CT molecular complexity index is 139. The average molecular weight is 220 g/mol. The summed E-state index contributed by atoms with van der Waals surface area (Å²) in [4.78, 5) is 1.84. The maximum absolute atomic E-state index is 9.65. The van der Waals surface area contributed by atoms with E-state index in [1.165, 1.54) is 0 Å². The summed E-state index contributed by atoms with van der Waals surface area (Å²) in [6.45, 7) is 6.11. The van der Waals surface area contributed by atoms with Crippen molar-refractivity contribution in [1.29, 1.82) is 0 Å². The van der Waals surface area contributed by atoms with Gasteiger partial charge < -0.3 is 20.6 Å². The Morgan fingerprint density at radius 2 is 1.67 bits per heavy atom. The monoisotopic (exact) mass is 220 g/mol. The summed E-state index contributed by atoms with van der Waals surface area (Å²) in [7, 11) is 0. The molecule has 0 bridgehead atoms. The summed E-state index contributed by atoms with van der Waals surface area (Å²) in [6.07, 6.45) is -0.467. The number of aliphatic hydroxyl groups is 3. The van der Waals surface area contributed by atoms with E-state index in [2.05, 4.69) is 5.32 Å². The van der Waals surface area contributed by atoms with Gasteiger partial charge in [0, 0.05) is 32.2 Å². The lowest BCUT2D eigenvalue weighted by Gasteiger charge is -2.24. The Kier molecular flexibility index (Phi) is 8.94. The number of nitrogens with zero attached hydrogens (tertiary/aromatic N) is 1. The Morgan fingerprint density at radius 3 is 2.07 bits per heavy atom. The molecule has 4 N–H and O–H groups in total. The molecule has 0 aromatic carbocycles. The lowest BCUT2D eigenvalue weighted by Crippen LogP contribution is -2.42. The van der Waals surface area contributed by atoms with E-state index in [4.69, 9.17) is 10.2 Å². The minimum absolute atomic E-state index is 0.0460. The second-order valence-electron chi connectivity index (χ2n) is 3.96. The first-order chi connectivity index (χ1) is 7.10. The maximum Gasteiger partial charge on any atom is 0.0791 e. The van der Waals surface area contributed by atoms with E-state index in [1.807, 2.05) is 18.7 Å². The molecule has 0 saturated carbocycles. The van der Waals surface area contributed by atoms with Gasteiger partial charge in [0.05, 0.1) is 19.3 Å². The van der Waals surface area contributed by atoms with Crippen LogP contribution in [0.5, 0.6) is 0 Å². The van der Waals surface area contributed by atoms with Crippen LogP contribution in [0.15, 0.2) is 0 Å². The molecule has 5 nitrogen and oxygen atoms in total. The fraction of sp³-hybridized carbons (Fsp3) is 1.00. The molecule has 0 aliphatic heterocycles. The Hall–Kier alpha value is -0.200. The van der Waals surface area contributed by atoms with Gasteiger partial charge in [-0.25, -0.2) is 0 Å². The maximum atomic E-state index is 9.65. The normalized spacial score (nSPS) is 13.8. The lowest BCUT2D eigenvalue weighted by atomic mass is 10.3. The number of aliphatic hydroxyl groups excluding tert-OH is 3. The van der Waals surface area contributed by atoms with Crippen molar-refractivity contribution in [2.75, 3.05) is 39.4 Å². The van der Waals surface area contributed by atoms with Crippen LogP contribution in [0.4, 0.5) is 0 Å². The van der Waals surface area contributed by atoms with Crippen molar-refractivity contribution >= 4 is 0 Å². The molecule has 0 amide bonds. The van der Waals surface area contributed by atoms with Gasteiger partial charge in [0.1, 0.15) is 0 Å². The highest BCUT2D eigenvalue weighted by atomic mass is 16.3. The standard InChI is InChI=1S/C10H24N2O3/c1-9(2)11-7-10(15)8-12(3-5-13)4-6-14/h9-11,13-15H,3-8H2,1-2H3. The number of hydrogen-bond acceptors (Lipinski definition) is 5. The van der Waals surface area contributed by atoms with Crippen LogP contribution in [0.25, 0.3) is 0 Å². The van der Waals surface area contributed by atoms with Crippen molar-refractivity contribution in [3.8, 4) is 0 Å². The summed E-state index contributed by atoms with van der Waals surface area (Å²) < 4.78 is 0. The molecule has 5 heteroatoms. The van der Waals surface area contributed by atoms with Gasteiger partial charge in [-0.2, -0.15) is 0 Å². The topological polar surface area (TPSA) is 76.0 Å². The Morgan fingerprint density at radius 1 is 1.13 bits per heavy atom. The van der Waals surface area contributed by atoms with Gasteiger partial charge in [-0.15, -0.1) is 0 Å². The van der Waals surface area contributed by atoms with E-state index >= 15 is 0 Å². The van der Waals surface area contributed by atoms with E-state index in [-0.39, 0.29) is 13.2 Å². The van der Waals surface area contributed by atoms with Crippen molar-refractivity contribution in [1.82, 2.24) is 10.2 Å². The van der Waals surface area contributed by atoms with E-state index in [0.717, 1.165) is 0 Å². The van der Waals surface area contributed by atoms with Crippen molar-refractivity contribution in [2.24, 2.45) is 0 Å². The molecule has 0 aliphatic carbocycles. The first kappa shape index (κ1) is 14.8. The second-order valence-corrected chi connectivity index (χ2v) is 3.96. The number of rotatable bonds is 9. The fourth-order valence-corrected chi connectivity index (χ4v) is 1.31. The van der Waals surface area contributed by atoms with Gasteiger partial charge in [-0.05, 0) is 0 Å². The van der Waals surface area contributed by atoms with Crippen molar-refractivity contribution in [3.63, 3.8) is 0 Å². The molecule has 0 saturated heterocycles. The first-order valence-electron chi connectivity index (χ1n) is 5.45. The fourth-order valence-electron chi connectivity index (χ4n) is 1.31. The van der Waals surface area contributed by atoms with Crippen molar-refractivity contribution < 1.29 is 15.3 Å². The zero-order valence-electron chi connectivity index (χ0n) is 9.69. The SMILES string of the molecule is CC(C)NCC(O)CN(CCO)CCO. The lowest BCUT2D eigenvalue weighted by molar-refractivity contribution is 0.0858. The third kappa shape index (κ3) is 8.77. The molecule has 0 rings (SSSR count). The third-order valence-electron chi connectivity index (χ3n) is 2.06. The molecule has 15 heavy (non-hydrogen) atoms. The molecular weight excluding hydrogens is 196 g/mol. The molecule has 0 aromatic heterocycles.